The molecule has 0 aliphatic heterocycles. The van der Waals surface area contributed by atoms with Gasteiger partial charge < -0.3 is 5.32 Å². The molecule has 0 unspecified atom stereocenters. The van der Waals surface area contributed by atoms with Crippen molar-refractivity contribution in [3.05, 3.63) is 62.1 Å². The standard InChI is InChI=1S/C17H12ClNOS2/c18-11-2-1-3-12(9-11)19-17(20)15-8-10-4-5-14-13(6-7-21-14)16(10)22-15/h1-3,6-9H,4-5H2,(H,19,20). The van der Waals surface area contributed by atoms with Gasteiger partial charge in [0.15, 0.2) is 0 Å². The van der Waals surface area contributed by atoms with Gasteiger partial charge in [0, 0.05) is 26.0 Å². The van der Waals surface area contributed by atoms with E-state index in [2.05, 4.69) is 16.8 Å². The van der Waals surface area contributed by atoms with Crippen molar-refractivity contribution in [3.8, 4) is 10.4 Å². The van der Waals surface area contributed by atoms with Crippen LogP contribution in [0.25, 0.3) is 10.4 Å². The number of fused-ring (bicyclic) bond motifs is 3. The Hall–Kier alpha value is -1.62. The van der Waals surface area contributed by atoms with Crippen molar-refractivity contribution in [1.82, 2.24) is 0 Å². The highest BCUT2D eigenvalue weighted by Gasteiger charge is 2.22. The number of carbonyl (C=O) groups excluding carboxylic acids is 1. The Bertz CT molecular complexity index is 865. The van der Waals surface area contributed by atoms with Crippen LogP contribution in [-0.2, 0) is 12.8 Å². The zero-order chi connectivity index (χ0) is 15.1. The van der Waals surface area contributed by atoms with Gasteiger partial charge in [-0.25, -0.2) is 0 Å². The second-order valence-corrected chi connectivity index (χ2v) is 7.68. The number of nitrogens with one attached hydrogen (secondary N) is 1. The minimum absolute atomic E-state index is 0.0709. The molecule has 110 valence electrons. The average molecular weight is 346 g/mol. The van der Waals surface area contributed by atoms with Crippen LogP contribution in [-0.4, -0.2) is 5.91 Å². The maximum atomic E-state index is 12.5. The summed E-state index contributed by atoms with van der Waals surface area (Å²) in [5.74, 6) is -0.0709. The zero-order valence-electron chi connectivity index (χ0n) is 11.6. The lowest BCUT2D eigenvalue weighted by Gasteiger charge is -2.10. The van der Waals surface area contributed by atoms with E-state index in [4.69, 9.17) is 11.6 Å². The number of halogens is 1. The Morgan fingerprint density at radius 3 is 2.95 bits per heavy atom. The maximum absolute atomic E-state index is 12.5. The summed E-state index contributed by atoms with van der Waals surface area (Å²) in [5.41, 5.74) is 3.31. The fourth-order valence-electron chi connectivity index (χ4n) is 2.70. The van der Waals surface area contributed by atoms with Gasteiger partial charge in [0.2, 0.25) is 0 Å². The van der Waals surface area contributed by atoms with Gasteiger partial charge in [0.05, 0.1) is 4.88 Å². The number of hydrogen-bond donors (Lipinski definition) is 1. The number of thiophene rings is 2. The molecule has 4 rings (SSSR count). The molecule has 1 N–H and O–H groups in total. The SMILES string of the molecule is O=C(Nc1cccc(Cl)c1)c1cc2c(s1)-c1ccsc1CC2. The van der Waals surface area contributed by atoms with E-state index in [-0.39, 0.29) is 5.91 Å². The number of benzene rings is 1. The predicted octanol–water partition coefficient (Wildman–Crippen LogP) is 5.48. The number of anilines is 1. The van der Waals surface area contributed by atoms with Crippen molar-refractivity contribution in [1.29, 1.82) is 0 Å². The third-order valence-electron chi connectivity index (χ3n) is 3.73. The fraction of sp³-hybridized carbons (Fsp3) is 0.118. The molecule has 1 aliphatic carbocycles. The van der Waals surface area contributed by atoms with Crippen LogP contribution in [0.15, 0.2) is 41.8 Å². The van der Waals surface area contributed by atoms with Gasteiger partial charge in [0.1, 0.15) is 0 Å². The molecular weight excluding hydrogens is 334 g/mol. The van der Waals surface area contributed by atoms with E-state index < -0.39 is 0 Å². The molecule has 1 aliphatic rings. The van der Waals surface area contributed by atoms with Crippen LogP contribution >= 0.6 is 34.3 Å². The van der Waals surface area contributed by atoms with Crippen molar-refractivity contribution >= 4 is 45.9 Å². The zero-order valence-corrected chi connectivity index (χ0v) is 13.9. The molecule has 0 spiro atoms. The summed E-state index contributed by atoms with van der Waals surface area (Å²) in [7, 11) is 0. The van der Waals surface area contributed by atoms with Crippen LogP contribution in [0.3, 0.4) is 0 Å². The van der Waals surface area contributed by atoms with E-state index in [1.165, 1.54) is 20.9 Å². The Kier molecular flexibility index (Phi) is 3.53. The summed E-state index contributed by atoms with van der Waals surface area (Å²) in [6, 6.07) is 11.4. The monoisotopic (exact) mass is 345 g/mol. The molecule has 0 bridgehead atoms. The number of amides is 1. The molecule has 3 aromatic rings. The van der Waals surface area contributed by atoms with Crippen molar-refractivity contribution < 1.29 is 4.79 Å². The first kappa shape index (κ1) is 14.0. The Balaban J connectivity index is 1.63. The van der Waals surface area contributed by atoms with Crippen molar-refractivity contribution in [3.63, 3.8) is 0 Å². The number of aryl methyl sites for hydroxylation is 2. The summed E-state index contributed by atoms with van der Waals surface area (Å²) >= 11 is 9.33. The second kappa shape index (κ2) is 5.54. The lowest BCUT2D eigenvalue weighted by molar-refractivity contribution is 0.103. The minimum atomic E-state index is -0.0709. The first-order chi connectivity index (χ1) is 10.7. The van der Waals surface area contributed by atoms with Gasteiger partial charge in [-0.1, -0.05) is 17.7 Å². The van der Waals surface area contributed by atoms with Gasteiger partial charge in [-0.15, -0.1) is 22.7 Å². The van der Waals surface area contributed by atoms with E-state index in [1.807, 2.05) is 18.2 Å². The van der Waals surface area contributed by atoms with Gasteiger partial charge in [-0.05, 0) is 54.1 Å². The van der Waals surface area contributed by atoms with Crippen molar-refractivity contribution in [2.75, 3.05) is 5.32 Å². The first-order valence-corrected chi connectivity index (χ1v) is 9.04. The third kappa shape index (κ3) is 2.47. The van der Waals surface area contributed by atoms with E-state index >= 15 is 0 Å². The number of rotatable bonds is 2. The summed E-state index contributed by atoms with van der Waals surface area (Å²) < 4.78 is 0. The van der Waals surface area contributed by atoms with Gasteiger partial charge in [-0.3, -0.25) is 4.79 Å². The van der Waals surface area contributed by atoms with E-state index in [1.54, 1.807) is 34.8 Å². The highest BCUT2D eigenvalue weighted by atomic mass is 35.5. The van der Waals surface area contributed by atoms with Crippen LogP contribution in [0, 0.1) is 0 Å². The molecule has 0 saturated heterocycles. The highest BCUT2D eigenvalue weighted by Crippen LogP contribution is 2.41. The molecule has 2 aromatic heterocycles. The van der Waals surface area contributed by atoms with Crippen LogP contribution in [0.1, 0.15) is 20.1 Å². The Morgan fingerprint density at radius 1 is 1.18 bits per heavy atom. The molecule has 2 heterocycles. The molecule has 2 nitrogen and oxygen atoms in total. The summed E-state index contributed by atoms with van der Waals surface area (Å²) in [6.45, 7) is 0. The molecule has 5 heteroatoms. The molecule has 0 fully saturated rings. The van der Waals surface area contributed by atoms with Gasteiger partial charge in [0.25, 0.3) is 5.91 Å². The predicted molar refractivity (Wildman–Crippen MR) is 94.4 cm³/mol. The lowest BCUT2D eigenvalue weighted by atomic mass is 9.98. The molecule has 1 aromatic carbocycles. The lowest BCUT2D eigenvalue weighted by Crippen LogP contribution is -2.09. The number of hydrogen-bond acceptors (Lipinski definition) is 3. The molecule has 0 atom stereocenters. The van der Waals surface area contributed by atoms with E-state index in [9.17, 15) is 4.79 Å². The smallest absolute Gasteiger partial charge is 0.265 e. The summed E-state index contributed by atoms with van der Waals surface area (Å²) in [5, 5.41) is 5.66. The molecule has 0 saturated carbocycles. The van der Waals surface area contributed by atoms with Crippen LogP contribution in [0.4, 0.5) is 5.69 Å². The van der Waals surface area contributed by atoms with E-state index in [0.717, 1.165) is 23.4 Å². The average Bonchev–Trinajstić information content (AvgIpc) is 3.13. The Labute approximate surface area is 141 Å². The molecule has 1 amide bonds. The summed E-state index contributed by atoms with van der Waals surface area (Å²) in [4.78, 5) is 15.9. The summed E-state index contributed by atoms with van der Waals surface area (Å²) in [6.07, 6.45) is 2.09. The maximum Gasteiger partial charge on any atom is 0.265 e. The van der Waals surface area contributed by atoms with Crippen LogP contribution < -0.4 is 5.32 Å². The topological polar surface area (TPSA) is 29.1 Å². The quantitative estimate of drug-likeness (QED) is 0.654. The van der Waals surface area contributed by atoms with Crippen molar-refractivity contribution in [2.45, 2.75) is 12.8 Å². The van der Waals surface area contributed by atoms with Crippen LogP contribution in [0.5, 0.6) is 0 Å². The van der Waals surface area contributed by atoms with E-state index in [0.29, 0.717) is 5.02 Å². The number of carbonyl (C=O) groups is 1. The first-order valence-electron chi connectivity index (χ1n) is 6.97. The second-order valence-electron chi connectivity index (χ2n) is 5.19. The van der Waals surface area contributed by atoms with Crippen molar-refractivity contribution in [2.24, 2.45) is 0 Å². The molecular formula is C17H12ClNOS2. The Morgan fingerprint density at radius 2 is 2.09 bits per heavy atom. The third-order valence-corrected chi connectivity index (χ3v) is 6.15. The molecule has 0 radical (unpaired) electrons. The minimum Gasteiger partial charge on any atom is -0.321 e. The van der Waals surface area contributed by atoms with Crippen LogP contribution in [0.2, 0.25) is 5.02 Å². The highest BCUT2D eigenvalue weighted by molar-refractivity contribution is 7.18. The largest absolute Gasteiger partial charge is 0.321 e. The van der Waals surface area contributed by atoms with Gasteiger partial charge in [-0.2, -0.15) is 0 Å². The van der Waals surface area contributed by atoms with Gasteiger partial charge >= 0.3 is 0 Å². The fourth-order valence-corrected chi connectivity index (χ4v) is 5.00. The molecule has 22 heavy (non-hydrogen) atoms. The normalized spacial score (nSPS) is 12.6.